The topological polar surface area (TPSA) is 38.5 Å². The molecule has 2 fully saturated rings. The average molecular weight is 240 g/mol. The predicted octanol–water partition coefficient (Wildman–Crippen LogP) is 2.00. The third kappa shape index (κ3) is 3.43. The molecule has 2 aliphatic rings. The molecule has 1 aliphatic carbocycles. The Morgan fingerprint density at radius 2 is 2.00 bits per heavy atom. The normalized spacial score (nSPS) is 28.1. The van der Waals surface area contributed by atoms with Gasteiger partial charge in [-0.3, -0.25) is 4.90 Å². The maximum Gasteiger partial charge on any atom is 0.0702 e. The standard InChI is InChI=1S/C14H28N2O/c1-2-16(11-13-8-5-9-17-13)14(10-15)12-6-3-4-7-12/h12-14H,2-11,15H2,1H3. The Balaban J connectivity index is 1.88. The molecule has 17 heavy (non-hydrogen) atoms. The van der Waals surface area contributed by atoms with Crippen LogP contribution < -0.4 is 5.73 Å². The maximum absolute atomic E-state index is 6.02. The molecule has 1 aliphatic heterocycles. The van der Waals surface area contributed by atoms with Crippen LogP contribution in [0.25, 0.3) is 0 Å². The van der Waals surface area contributed by atoms with Crippen molar-refractivity contribution in [2.75, 3.05) is 26.2 Å². The minimum Gasteiger partial charge on any atom is -0.377 e. The first-order valence-electron chi connectivity index (χ1n) is 7.40. The van der Waals surface area contributed by atoms with Crippen LogP contribution in [0.4, 0.5) is 0 Å². The Bertz CT molecular complexity index is 210. The molecule has 1 heterocycles. The molecule has 0 spiro atoms. The fourth-order valence-electron chi connectivity index (χ4n) is 3.53. The van der Waals surface area contributed by atoms with Crippen LogP contribution in [-0.4, -0.2) is 43.3 Å². The fraction of sp³-hybridized carbons (Fsp3) is 1.00. The minimum absolute atomic E-state index is 0.463. The summed E-state index contributed by atoms with van der Waals surface area (Å²) in [7, 11) is 0. The molecule has 0 aromatic rings. The highest BCUT2D eigenvalue weighted by molar-refractivity contribution is 4.85. The lowest BCUT2D eigenvalue weighted by molar-refractivity contribution is 0.0482. The molecule has 1 saturated heterocycles. The quantitative estimate of drug-likeness (QED) is 0.772. The molecular weight excluding hydrogens is 212 g/mol. The summed E-state index contributed by atoms with van der Waals surface area (Å²) in [4.78, 5) is 2.58. The van der Waals surface area contributed by atoms with Gasteiger partial charge in [-0.05, 0) is 38.1 Å². The largest absolute Gasteiger partial charge is 0.377 e. The lowest BCUT2D eigenvalue weighted by Gasteiger charge is -2.35. The van der Waals surface area contributed by atoms with Crippen molar-refractivity contribution in [2.24, 2.45) is 11.7 Å². The SMILES string of the molecule is CCN(CC1CCCO1)C(CN)C1CCCC1. The van der Waals surface area contributed by atoms with Gasteiger partial charge in [-0.15, -0.1) is 0 Å². The van der Waals surface area contributed by atoms with Gasteiger partial charge in [0.15, 0.2) is 0 Å². The van der Waals surface area contributed by atoms with Gasteiger partial charge in [0.05, 0.1) is 6.10 Å². The van der Waals surface area contributed by atoms with E-state index in [2.05, 4.69) is 11.8 Å². The van der Waals surface area contributed by atoms with Crippen LogP contribution in [0.3, 0.4) is 0 Å². The summed E-state index contributed by atoms with van der Waals surface area (Å²) in [6.45, 7) is 6.23. The van der Waals surface area contributed by atoms with E-state index in [1.54, 1.807) is 0 Å². The zero-order valence-electron chi connectivity index (χ0n) is 11.2. The van der Waals surface area contributed by atoms with Crippen molar-refractivity contribution in [1.82, 2.24) is 4.90 Å². The number of nitrogens with two attached hydrogens (primary N) is 1. The third-order valence-electron chi connectivity index (χ3n) is 4.52. The molecule has 2 atom stereocenters. The first-order chi connectivity index (χ1) is 8.35. The van der Waals surface area contributed by atoms with Gasteiger partial charge in [0.1, 0.15) is 0 Å². The van der Waals surface area contributed by atoms with Gasteiger partial charge < -0.3 is 10.5 Å². The van der Waals surface area contributed by atoms with E-state index in [0.29, 0.717) is 12.1 Å². The Labute approximate surface area is 106 Å². The minimum atomic E-state index is 0.463. The molecule has 3 heteroatoms. The molecule has 100 valence electrons. The van der Waals surface area contributed by atoms with Gasteiger partial charge in [-0.1, -0.05) is 19.8 Å². The van der Waals surface area contributed by atoms with E-state index in [4.69, 9.17) is 10.5 Å². The second-order valence-electron chi connectivity index (χ2n) is 5.57. The van der Waals surface area contributed by atoms with Crippen LogP contribution in [0.1, 0.15) is 45.4 Å². The zero-order chi connectivity index (χ0) is 12.1. The van der Waals surface area contributed by atoms with Crippen molar-refractivity contribution in [2.45, 2.75) is 57.6 Å². The van der Waals surface area contributed by atoms with Crippen molar-refractivity contribution < 1.29 is 4.74 Å². The molecule has 2 N–H and O–H groups in total. The predicted molar refractivity (Wildman–Crippen MR) is 71.0 cm³/mol. The van der Waals surface area contributed by atoms with E-state index < -0.39 is 0 Å². The Morgan fingerprint density at radius 1 is 1.24 bits per heavy atom. The van der Waals surface area contributed by atoms with Crippen LogP contribution >= 0.6 is 0 Å². The molecular formula is C14H28N2O. The monoisotopic (exact) mass is 240 g/mol. The van der Waals surface area contributed by atoms with E-state index in [9.17, 15) is 0 Å². The highest BCUT2D eigenvalue weighted by atomic mass is 16.5. The van der Waals surface area contributed by atoms with Crippen LogP contribution in [-0.2, 0) is 4.74 Å². The van der Waals surface area contributed by atoms with Gasteiger partial charge in [0, 0.05) is 25.7 Å². The van der Waals surface area contributed by atoms with Crippen LogP contribution in [0.15, 0.2) is 0 Å². The number of likely N-dealkylation sites (N-methyl/N-ethyl adjacent to an activating group) is 1. The first kappa shape index (κ1) is 13.3. The summed E-state index contributed by atoms with van der Waals surface area (Å²) >= 11 is 0. The Hall–Kier alpha value is -0.120. The molecule has 0 aromatic carbocycles. The first-order valence-corrected chi connectivity index (χ1v) is 7.40. The summed E-state index contributed by atoms with van der Waals surface area (Å²) < 4.78 is 5.76. The molecule has 0 bridgehead atoms. The van der Waals surface area contributed by atoms with Gasteiger partial charge >= 0.3 is 0 Å². The van der Waals surface area contributed by atoms with Crippen LogP contribution in [0.5, 0.6) is 0 Å². The van der Waals surface area contributed by atoms with Gasteiger partial charge in [-0.25, -0.2) is 0 Å². The van der Waals surface area contributed by atoms with Crippen LogP contribution in [0.2, 0.25) is 0 Å². The molecule has 0 aromatic heterocycles. The molecule has 1 saturated carbocycles. The Kier molecular flexibility index (Phi) is 5.26. The zero-order valence-corrected chi connectivity index (χ0v) is 11.2. The van der Waals surface area contributed by atoms with Gasteiger partial charge in [-0.2, -0.15) is 0 Å². The summed E-state index contributed by atoms with van der Waals surface area (Å²) in [6.07, 6.45) is 8.49. The molecule has 2 rings (SSSR count). The van der Waals surface area contributed by atoms with Gasteiger partial charge in [0.2, 0.25) is 0 Å². The summed E-state index contributed by atoms with van der Waals surface area (Å²) in [5.74, 6) is 0.835. The number of hydrogen-bond donors (Lipinski definition) is 1. The lowest BCUT2D eigenvalue weighted by Crippen LogP contribution is -2.47. The smallest absolute Gasteiger partial charge is 0.0702 e. The van der Waals surface area contributed by atoms with Crippen molar-refractivity contribution >= 4 is 0 Å². The summed E-state index contributed by atoms with van der Waals surface area (Å²) in [5.41, 5.74) is 6.02. The van der Waals surface area contributed by atoms with Crippen molar-refractivity contribution in [3.63, 3.8) is 0 Å². The summed E-state index contributed by atoms with van der Waals surface area (Å²) in [5, 5.41) is 0. The van der Waals surface area contributed by atoms with Crippen molar-refractivity contribution in [3.05, 3.63) is 0 Å². The van der Waals surface area contributed by atoms with E-state index in [0.717, 1.165) is 32.2 Å². The van der Waals surface area contributed by atoms with E-state index in [1.807, 2.05) is 0 Å². The van der Waals surface area contributed by atoms with Crippen molar-refractivity contribution in [3.8, 4) is 0 Å². The molecule has 0 radical (unpaired) electrons. The number of rotatable bonds is 6. The van der Waals surface area contributed by atoms with E-state index >= 15 is 0 Å². The number of hydrogen-bond acceptors (Lipinski definition) is 3. The molecule has 2 unspecified atom stereocenters. The lowest BCUT2D eigenvalue weighted by atomic mass is 9.96. The highest BCUT2D eigenvalue weighted by Crippen LogP contribution is 2.30. The number of ether oxygens (including phenoxy) is 1. The van der Waals surface area contributed by atoms with E-state index in [-0.39, 0.29) is 0 Å². The van der Waals surface area contributed by atoms with E-state index in [1.165, 1.54) is 38.5 Å². The summed E-state index contributed by atoms with van der Waals surface area (Å²) in [6, 6.07) is 0.590. The molecule has 3 nitrogen and oxygen atoms in total. The highest BCUT2D eigenvalue weighted by Gasteiger charge is 2.30. The average Bonchev–Trinajstić information content (AvgIpc) is 3.00. The van der Waals surface area contributed by atoms with Crippen molar-refractivity contribution in [1.29, 1.82) is 0 Å². The second-order valence-corrected chi connectivity index (χ2v) is 5.57. The van der Waals surface area contributed by atoms with Gasteiger partial charge in [0.25, 0.3) is 0 Å². The van der Waals surface area contributed by atoms with Crippen LogP contribution in [0, 0.1) is 5.92 Å². The Morgan fingerprint density at radius 3 is 2.53 bits per heavy atom. The second kappa shape index (κ2) is 6.72. The number of nitrogens with zero attached hydrogens (tertiary/aromatic N) is 1. The maximum atomic E-state index is 6.02. The fourth-order valence-corrected chi connectivity index (χ4v) is 3.53. The molecule has 0 amide bonds. The third-order valence-corrected chi connectivity index (χ3v) is 4.52.